The second kappa shape index (κ2) is 3.87. The Labute approximate surface area is 104 Å². The molecule has 1 aliphatic heterocycles. The standard InChI is InChI=1S/C13H13N3O2/c14-13(18)10-7-15-11-6-8(3-4-9(10)11)16-5-1-2-12(16)17/h3-4,6-7,15H,1-2,5H2,(H2,14,18). The predicted molar refractivity (Wildman–Crippen MR) is 68.4 cm³/mol. The van der Waals surface area contributed by atoms with Gasteiger partial charge in [0.15, 0.2) is 0 Å². The number of aromatic nitrogens is 1. The van der Waals surface area contributed by atoms with Crippen molar-refractivity contribution in [2.24, 2.45) is 5.73 Å². The smallest absolute Gasteiger partial charge is 0.250 e. The van der Waals surface area contributed by atoms with Crippen LogP contribution in [0.15, 0.2) is 24.4 Å². The Hall–Kier alpha value is -2.30. The van der Waals surface area contributed by atoms with Crippen molar-refractivity contribution < 1.29 is 9.59 Å². The molecule has 1 aromatic heterocycles. The number of nitrogens with two attached hydrogens (primary N) is 1. The number of carbonyl (C=O) groups is 2. The Morgan fingerprint density at radius 3 is 2.89 bits per heavy atom. The van der Waals surface area contributed by atoms with Gasteiger partial charge < -0.3 is 15.6 Å². The average Bonchev–Trinajstić information content (AvgIpc) is 2.93. The first-order valence-corrected chi connectivity index (χ1v) is 5.88. The topological polar surface area (TPSA) is 79.2 Å². The van der Waals surface area contributed by atoms with Crippen molar-refractivity contribution in [3.8, 4) is 0 Å². The second-order valence-corrected chi connectivity index (χ2v) is 4.45. The fraction of sp³-hybridized carbons (Fsp3) is 0.231. The molecule has 0 spiro atoms. The molecule has 1 saturated heterocycles. The van der Waals surface area contributed by atoms with Crippen LogP contribution < -0.4 is 10.6 Å². The first kappa shape index (κ1) is 10.8. The van der Waals surface area contributed by atoms with Gasteiger partial charge in [0.05, 0.1) is 5.56 Å². The highest BCUT2D eigenvalue weighted by molar-refractivity contribution is 6.07. The predicted octanol–water partition coefficient (Wildman–Crippen LogP) is 1.39. The van der Waals surface area contributed by atoms with E-state index in [0.29, 0.717) is 12.0 Å². The molecule has 1 aromatic carbocycles. The summed E-state index contributed by atoms with van der Waals surface area (Å²) in [5.41, 5.74) is 7.44. The van der Waals surface area contributed by atoms with E-state index in [1.807, 2.05) is 18.2 Å². The molecule has 18 heavy (non-hydrogen) atoms. The molecule has 5 heteroatoms. The zero-order valence-electron chi connectivity index (χ0n) is 9.77. The molecule has 0 saturated carbocycles. The SMILES string of the molecule is NC(=O)c1c[nH]c2cc(N3CCCC3=O)ccc12. The number of amides is 2. The molecule has 0 atom stereocenters. The summed E-state index contributed by atoms with van der Waals surface area (Å²) in [6, 6.07) is 5.56. The van der Waals surface area contributed by atoms with Crippen molar-refractivity contribution in [1.29, 1.82) is 0 Å². The van der Waals surface area contributed by atoms with E-state index >= 15 is 0 Å². The summed E-state index contributed by atoms with van der Waals surface area (Å²) in [5, 5.41) is 0.790. The normalized spacial score (nSPS) is 15.6. The highest BCUT2D eigenvalue weighted by atomic mass is 16.2. The average molecular weight is 243 g/mol. The second-order valence-electron chi connectivity index (χ2n) is 4.45. The van der Waals surface area contributed by atoms with Gasteiger partial charge in [-0.25, -0.2) is 0 Å². The van der Waals surface area contributed by atoms with Gasteiger partial charge in [0.1, 0.15) is 0 Å². The number of anilines is 1. The molecule has 3 rings (SSSR count). The lowest BCUT2D eigenvalue weighted by Gasteiger charge is -2.15. The van der Waals surface area contributed by atoms with Crippen LogP contribution in [0.2, 0.25) is 0 Å². The molecule has 2 heterocycles. The van der Waals surface area contributed by atoms with E-state index in [0.717, 1.165) is 29.6 Å². The minimum Gasteiger partial charge on any atom is -0.366 e. The molecule has 2 aromatic rings. The maximum absolute atomic E-state index is 11.7. The van der Waals surface area contributed by atoms with Crippen molar-refractivity contribution in [3.63, 3.8) is 0 Å². The Kier molecular flexibility index (Phi) is 2.33. The molecule has 3 N–H and O–H groups in total. The zero-order chi connectivity index (χ0) is 12.7. The highest BCUT2D eigenvalue weighted by Gasteiger charge is 2.22. The number of aromatic amines is 1. The molecule has 0 aliphatic carbocycles. The van der Waals surface area contributed by atoms with Gasteiger partial charge in [0.2, 0.25) is 5.91 Å². The van der Waals surface area contributed by atoms with Crippen molar-refractivity contribution in [1.82, 2.24) is 4.98 Å². The summed E-state index contributed by atoms with van der Waals surface area (Å²) >= 11 is 0. The first-order valence-electron chi connectivity index (χ1n) is 5.88. The minimum absolute atomic E-state index is 0.149. The zero-order valence-corrected chi connectivity index (χ0v) is 9.77. The summed E-state index contributed by atoms with van der Waals surface area (Å²) in [4.78, 5) is 27.7. The van der Waals surface area contributed by atoms with Gasteiger partial charge >= 0.3 is 0 Å². The third-order valence-electron chi connectivity index (χ3n) is 3.32. The van der Waals surface area contributed by atoms with Gasteiger partial charge in [-0.2, -0.15) is 0 Å². The third-order valence-corrected chi connectivity index (χ3v) is 3.32. The summed E-state index contributed by atoms with van der Waals surface area (Å²) < 4.78 is 0. The van der Waals surface area contributed by atoms with E-state index in [1.165, 1.54) is 0 Å². The van der Waals surface area contributed by atoms with Crippen LogP contribution in [0.4, 0.5) is 5.69 Å². The Balaban J connectivity index is 2.07. The van der Waals surface area contributed by atoms with Gasteiger partial charge in [-0.05, 0) is 24.6 Å². The van der Waals surface area contributed by atoms with Crippen LogP contribution in [0.3, 0.4) is 0 Å². The summed E-state index contributed by atoms with van der Waals surface area (Å²) in [7, 11) is 0. The number of carbonyl (C=O) groups excluding carboxylic acids is 2. The summed E-state index contributed by atoms with van der Waals surface area (Å²) in [5.74, 6) is -0.303. The van der Waals surface area contributed by atoms with Gasteiger partial charge in [-0.1, -0.05) is 0 Å². The highest BCUT2D eigenvalue weighted by Crippen LogP contribution is 2.26. The Bertz CT molecular complexity index is 645. The number of benzene rings is 1. The van der Waals surface area contributed by atoms with E-state index < -0.39 is 5.91 Å². The number of fused-ring (bicyclic) bond motifs is 1. The van der Waals surface area contributed by atoms with E-state index in [2.05, 4.69) is 4.98 Å². The molecule has 0 unspecified atom stereocenters. The first-order chi connectivity index (χ1) is 8.66. The monoisotopic (exact) mass is 243 g/mol. The van der Waals surface area contributed by atoms with Gasteiger partial charge in [0.25, 0.3) is 5.91 Å². The molecule has 2 amide bonds. The number of nitrogens with zero attached hydrogens (tertiary/aromatic N) is 1. The summed E-state index contributed by atoms with van der Waals surface area (Å²) in [6.07, 6.45) is 3.10. The van der Waals surface area contributed by atoms with E-state index in [9.17, 15) is 9.59 Å². The quantitative estimate of drug-likeness (QED) is 0.836. The fourth-order valence-corrected chi connectivity index (χ4v) is 2.41. The van der Waals surface area contributed by atoms with Crippen LogP contribution in [-0.2, 0) is 4.79 Å². The molecule has 1 fully saturated rings. The van der Waals surface area contributed by atoms with E-state index in [1.54, 1.807) is 11.1 Å². The number of H-pyrrole nitrogens is 1. The maximum atomic E-state index is 11.7. The lowest BCUT2D eigenvalue weighted by atomic mass is 10.1. The number of hydrogen-bond acceptors (Lipinski definition) is 2. The van der Waals surface area contributed by atoms with Crippen LogP contribution in [-0.4, -0.2) is 23.3 Å². The van der Waals surface area contributed by atoms with E-state index in [4.69, 9.17) is 5.73 Å². The van der Waals surface area contributed by atoms with Crippen LogP contribution in [0.5, 0.6) is 0 Å². The van der Waals surface area contributed by atoms with Crippen molar-refractivity contribution >= 4 is 28.4 Å². The van der Waals surface area contributed by atoms with Crippen LogP contribution in [0, 0.1) is 0 Å². The number of hydrogen-bond donors (Lipinski definition) is 2. The van der Waals surface area contributed by atoms with E-state index in [-0.39, 0.29) is 5.91 Å². The lowest BCUT2D eigenvalue weighted by molar-refractivity contribution is -0.117. The Morgan fingerprint density at radius 1 is 1.39 bits per heavy atom. The molecule has 92 valence electrons. The van der Waals surface area contributed by atoms with Crippen molar-refractivity contribution in [2.45, 2.75) is 12.8 Å². The minimum atomic E-state index is -0.453. The fourth-order valence-electron chi connectivity index (χ4n) is 2.41. The van der Waals surface area contributed by atoms with Crippen molar-refractivity contribution in [3.05, 3.63) is 30.0 Å². The largest absolute Gasteiger partial charge is 0.366 e. The van der Waals surface area contributed by atoms with Gasteiger partial charge in [0, 0.05) is 35.8 Å². The molecule has 5 nitrogen and oxygen atoms in total. The lowest BCUT2D eigenvalue weighted by Crippen LogP contribution is -2.23. The van der Waals surface area contributed by atoms with Crippen molar-refractivity contribution in [2.75, 3.05) is 11.4 Å². The summed E-state index contributed by atoms with van der Waals surface area (Å²) in [6.45, 7) is 0.758. The number of primary amides is 1. The number of nitrogens with one attached hydrogen (secondary N) is 1. The molecule has 0 radical (unpaired) electrons. The molecule has 1 aliphatic rings. The van der Waals surface area contributed by atoms with Crippen LogP contribution in [0.1, 0.15) is 23.2 Å². The third kappa shape index (κ3) is 1.55. The Morgan fingerprint density at radius 2 is 2.22 bits per heavy atom. The van der Waals surface area contributed by atoms with Crippen LogP contribution >= 0.6 is 0 Å². The van der Waals surface area contributed by atoms with Gasteiger partial charge in [-0.15, -0.1) is 0 Å². The van der Waals surface area contributed by atoms with Crippen LogP contribution in [0.25, 0.3) is 10.9 Å². The maximum Gasteiger partial charge on any atom is 0.250 e. The van der Waals surface area contributed by atoms with Gasteiger partial charge in [-0.3, -0.25) is 9.59 Å². The molecule has 0 bridgehead atoms. The number of rotatable bonds is 2. The molecular formula is C13H13N3O2. The molecular weight excluding hydrogens is 230 g/mol.